The van der Waals surface area contributed by atoms with Crippen LogP contribution in [0, 0.1) is 11.7 Å². The Morgan fingerprint density at radius 1 is 1.19 bits per heavy atom. The number of hydrogen-bond acceptors (Lipinski definition) is 4. The zero-order valence-corrected chi connectivity index (χ0v) is 15.8. The molecule has 0 spiro atoms. The average molecular weight is 376 g/mol. The van der Waals surface area contributed by atoms with Crippen LogP contribution >= 0.6 is 0 Å². The second-order valence-corrected chi connectivity index (χ2v) is 7.36. The van der Waals surface area contributed by atoms with Crippen LogP contribution in [0.15, 0.2) is 24.3 Å². The van der Waals surface area contributed by atoms with E-state index in [-0.39, 0.29) is 17.4 Å². The predicted octanol–water partition coefficient (Wildman–Crippen LogP) is 1.09. The molecule has 1 aromatic carbocycles. The lowest BCUT2D eigenvalue weighted by Crippen LogP contribution is -2.50. The van der Waals surface area contributed by atoms with Gasteiger partial charge in [0.1, 0.15) is 5.82 Å². The van der Waals surface area contributed by atoms with Gasteiger partial charge in [-0.05, 0) is 44.0 Å². The van der Waals surface area contributed by atoms with E-state index >= 15 is 0 Å². The fourth-order valence-electron chi connectivity index (χ4n) is 3.74. The molecule has 7 heteroatoms. The quantitative estimate of drug-likeness (QED) is 0.748. The van der Waals surface area contributed by atoms with Crippen LogP contribution < -0.4 is 10.6 Å². The first-order chi connectivity index (χ1) is 13.1. The molecule has 2 saturated heterocycles. The van der Waals surface area contributed by atoms with Crippen molar-refractivity contribution in [2.45, 2.75) is 19.3 Å². The van der Waals surface area contributed by atoms with Crippen LogP contribution in [0.2, 0.25) is 0 Å². The minimum absolute atomic E-state index is 0.0744. The molecule has 0 radical (unpaired) electrons. The molecule has 1 unspecified atom stereocenters. The summed E-state index contributed by atoms with van der Waals surface area (Å²) in [7, 11) is 0. The number of carbonyl (C=O) groups is 2. The fourth-order valence-corrected chi connectivity index (χ4v) is 3.74. The van der Waals surface area contributed by atoms with Gasteiger partial charge in [-0.1, -0.05) is 12.1 Å². The van der Waals surface area contributed by atoms with E-state index in [4.69, 9.17) is 0 Å². The zero-order valence-electron chi connectivity index (χ0n) is 15.8. The third kappa shape index (κ3) is 5.74. The van der Waals surface area contributed by atoms with Gasteiger partial charge in [-0.25, -0.2) is 4.39 Å². The molecule has 0 saturated carbocycles. The van der Waals surface area contributed by atoms with E-state index < -0.39 is 5.82 Å². The topological polar surface area (TPSA) is 64.7 Å². The maximum Gasteiger partial charge on any atom is 0.254 e. The van der Waals surface area contributed by atoms with E-state index in [1.165, 1.54) is 18.6 Å². The van der Waals surface area contributed by atoms with E-state index in [0.29, 0.717) is 25.4 Å². The van der Waals surface area contributed by atoms with E-state index in [2.05, 4.69) is 15.5 Å². The third-order valence-electron chi connectivity index (χ3n) is 5.49. The number of halogens is 1. The van der Waals surface area contributed by atoms with Crippen LogP contribution in [-0.2, 0) is 4.79 Å². The Morgan fingerprint density at radius 2 is 1.96 bits per heavy atom. The summed E-state index contributed by atoms with van der Waals surface area (Å²) in [5.74, 6) is 0.0153. The van der Waals surface area contributed by atoms with E-state index in [9.17, 15) is 14.0 Å². The normalized spacial score (nSPS) is 20.6. The highest BCUT2D eigenvalue weighted by Gasteiger charge is 2.22. The summed E-state index contributed by atoms with van der Waals surface area (Å²) in [4.78, 5) is 28.5. The fraction of sp³-hybridized carbons (Fsp3) is 0.600. The molecule has 2 aliphatic rings. The van der Waals surface area contributed by atoms with Crippen LogP contribution in [0.3, 0.4) is 0 Å². The minimum atomic E-state index is -0.504. The lowest BCUT2D eigenvalue weighted by Gasteiger charge is -2.35. The predicted molar refractivity (Wildman–Crippen MR) is 102 cm³/mol. The molecule has 3 rings (SSSR count). The van der Waals surface area contributed by atoms with Gasteiger partial charge in [-0.2, -0.15) is 0 Å². The second kappa shape index (κ2) is 9.80. The standard InChI is InChI=1S/C20H29FN4O2/c21-18-4-2-1-3-17(18)20(27)23-9-10-24-11-13-25(14-12-24)19(26)6-5-16-7-8-22-15-16/h1-4,16,22H,5-15H2,(H,23,27). The highest BCUT2D eigenvalue weighted by molar-refractivity contribution is 5.94. The van der Waals surface area contributed by atoms with Crippen molar-refractivity contribution in [1.29, 1.82) is 0 Å². The van der Waals surface area contributed by atoms with Gasteiger partial charge in [0, 0.05) is 45.7 Å². The number of benzene rings is 1. The summed E-state index contributed by atoms with van der Waals surface area (Å²) < 4.78 is 13.6. The van der Waals surface area contributed by atoms with Gasteiger partial charge in [0.15, 0.2) is 0 Å². The number of amides is 2. The Morgan fingerprint density at radius 3 is 2.67 bits per heavy atom. The molecule has 2 fully saturated rings. The van der Waals surface area contributed by atoms with Gasteiger partial charge in [0.05, 0.1) is 5.56 Å². The molecule has 0 aliphatic carbocycles. The Labute approximate surface area is 160 Å². The van der Waals surface area contributed by atoms with Crippen molar-refractivity contribution < 1.29 is 14.0 Å². The molecule has 148 valence electrons. The van der Waals surface area contributed by atoms with Crippen LogP contribution in [0.25, 0.3) is 0 Å². The van der Waals surface area contributed by atoms with E-state index in [0.717, 1.165) is 45.7 Å². The van der Waals surface area contributed by atoms with Gasteiger partial charge >= 0.3 is 0 Å². The third-order valence-corrected chi connectivity index (χ3v) is 5.49. The van der Waals surface area contributed by atoms with E-state index in [1.54, 1.807) is 12.1 Å². The lowest BCUT2D eigenvalue weighted by molar-refractivity contribution is -0.133. The molecule has 1 aromatic rings. The number of nitrogens with one attached hydrogen (secondary N) is 2. The molecule has 2 heterocycles. The Bertz CT molecular complexity index is 641. The number of rotatable bonds is 7. The van der Waals surface area contributed by atoms with Crippen molar-refractivity contribution in [2.75, 3.05) is 52.4 Å². The van der Waals surface area contributed by atoms with Crippen LogP contribution in [0.1, 0.15) is 29.6 Å². The molecular weight excluding hydrogens is 347 g/mol. The lowest BCUT2D eigenvalue weighted by atomic mass is 10.0. The molecular formula is C20H29FN4O2. The maximum atomic E-state index is 13.6. The Kier molecular flexibility index (Phi) is 7.18. The average Bonchev–Trinajstić information content (AvgIpc) is 3.20. The van der Waals surface area contributed by atoms with Gasteiger partial charge in [-0.15, -0.1) is 0 Å². The smallest absolute Gasteiger partial charge is 0.254 e. The first-order valence-corrected chi connectivity index (χ1v) is 9.87. The SMILES string of the molecule is O=C(NCCN1CCN(C(=O)CCC2CCNC2)CC1)c1ccccc1F. The highest BCUT2D eigenvalue weighted by Crippen LogP contribution is 2.15. The molecule has 2 N–H and O–H groups in total. The number of piperazine rings is 1. The van der Waals surface area contributed by atoms with Crippen molar-refractivity contribution in [3.05, 3.63) is 35.6 Å². The summed E-state index contributed by atoms with van der Waals surface area (Å²) in [6.07, 6.45) is 2.80. The maximum absolute atomic E-state index is 13.6. The molecule has 1 atom stereocenters. The zero-order chi connectivity index (χ0) is 19.1. The first-order valence-electron chi connectivity index (χ1n) is 9.87. The molecule has 0 bridgehead atoms. The molecule has 0 aromatic heterocycles. The molecule has 27 heavy (non-hydrogen) atoms. The summed E-state index contributed by atoms with van der Waals surface area (Å²) >= 11 is 0. The van der Waals surface area contributed by atoms with Gasteiger partial charge < -0.3 is 15.5 Å². The van der Waals surface area contributed by atoms with E-state index in [1.807, 2.05) is 4.90 Å². The van der Waals surface area contributed by atoms with Crippen molar-refractivity contribution in [3.63, 3.8) is 0 Å². The number of nitrogens with zero attached hydrogens (tertiary/aromatic N) is 2. The van der Waals surface area contributed by atoms with Gasteiger partial charge in [-0.3, -0.25) is 14.5 Å². The summed E-state index contributed by atoms with van der Waals surface area (Å²) in [6.45, 7) is 6.39. The highest BCUT2D eigenvalue weighted by atomic mass is 19.1. The number of hydrogen-bond donors (Lipinski definition) is 2. The Balaban J connectivity index is 1.31. The van der Waals surface area contributed by atoms with Crippen molar-refractivity contribution in [3.8, 4) is 0 Å². The van der Waals surface area contributed by atoms with Crippen LogP contribution in [-0.4, -0.2) is 74.0 Å². The number of carbonyl (C=O) groups excluding carboxylic acids is 2. The molecule has 6 nitrogen and oxygen atoms in total. The van der Waals surface area contributed by atoms with Gasteiger partial charge in [0.2, 0.25) is 5.91 Å². The van der Waals surface area contributed by atoms with Crippen molar-refractivity contribution in [2.24, 2.45) is 5.92 Å². The summed E-state index contributed by atoms with van der Waals surface area (Å²) in [5, 5.41) is 6.11. The summed E-state index contributed by atoms with van der Waals surface area (Å²) in [6, 6.07) is 5.99. The first kappa shape index (κ1) is 19.8. The van der Waals surface area contributed by atoms with Crippen LogP contribution in [0.5, 0.6) is 0 Å². The minimum Gasteiger partial charge on any atom is -0.351 e. The van der Waals surface area contributed by atoms with Crippen molar-refractivity contribution in [1.82, 2.24) is 20.4 Å². The molecule has 2 aliphatic heterocycles. The van der Waals surface area contributed by atoms with Crippen LogP contribution in [0.4, 0.5) is 4.39 Å². The molecule has 2 amide bonds. The second-order valence-electron chi connectivity index (χ2n) is 7.36. The largest absolute Gasteiger partial charge is 0.351 e. The monoisotopic (exact) mass is 376 g/mol. The van der Waals surface area contributed by atoms with Gasteiger partial charge in [0.25, 0.3) is 5.91 Å². The Hall–Kier alpha value is -1.99. The summed E-state index contributed by atoms with van der Waals surface area (Å²) in [5.41, 5.74) is 0.0744. The van der Waals surface area contributed by atoms with Crippen molar-refractivity contribution >= 4 is 11.8 Å².